The molecule has 1 saturated carbocycles. The summed E-state index contributed by atoms with van der Waals surface area (Å²) in [6, 6.07) is 7.36. The topological polar surface area (TPSA) is 89.9 Å². The van der Waals surface area contributed by atoms with E-state index in [1.54, 1.807) is 36.2 Å². The van der Waals surface area contributed by atoms with Gasteiger partial charge in [-0.1, -0.05) is 23.9 Å². The molecule has 1 aliphatic heterocycles. The average molecular weight is 517 g/mol. The lowest BCUT2D eigenvalue weighted by Crippen LogP contribution is -2.23. The molecule has 3 heterocycles. The molecule has 2 aliphatic rings. The minimum absolute atomic E-state index is 0.221. The summed E-state index contributed by atoms with van der Waals surface area (Å²) in [6.45, 7) is 3.00. The predicted octanol–water partition coefficient (Wildman–Crippen LogP) is 4.36. The maximum atomic E-state index is 12.8. The normalized spacial score (nSPS) is 21.8. The van der Waals surface area contributed by atoms with Crippen LogP contribution in [0.5, 0.6) is 0 Å². The second kappa shape index (κ2) is 9.51. The van der Waals surface area contributed by atoms with Gasteiger partial charge in [-0.2, -0.15) is 13.2 Å². The van der Waals surface area contributed by atoms with Crippen LogP contribution in [0.15, 0.2) is 47.9 Å². The molecule has 5 rings (SSSR count). The van der Waals surface area contributed by atoms with Crippen LogP contribution in [0.1, 0.15) is 46.7 Å². The molecular formula is C25H27F3N6OS. The number of pyridine rings is 1. The Morgan fingerprint density at radius 2 is 2.00 bits per heavy atom. The third kappa shape index (κ3) is 4.99. The van der Waals surface area contributed by atoms with Crippen molar-refractivity contribution < 1.29 is 18.0 Å². The minimum Gasteiger partial charge on any atom is -0.366 e. The van der Waals surface area contributed by atoms with Gasteiger partial charge in [0.25, 0.3) is 0 Å². The Kier molecular flexibility index (Phi) is 6.54. The van der Waals surface area contributed by atoms with Gasteiger partial charge < -0.3 is 15.2 Å². The highest BCUT2D eigenvalue weighted by Gasteiger charge is 2.57. The van der Waals surface area contributed by atoms with E-state index in [9.17, 15) is 18.0 Å². The molecule has 2 N–H and O–H groups in total. The predicted molar refractivity (Wildman–Crippen MR) is 130 cm³/mol. The summed E-state index contributed by atoms with van der Waals surface area (Å²) in [5, 5.41) is 9.32. The summed E-state index contributed by atoms with van der Waals surface area (Å²) in [7, 11) is 1.88. The second-order valence-electron chi connectivity index (χ2n) is 9.66. The van der Waals surface area contributed by atoms with E-state index in [0.717, 1.165) is 55.4 Å². The van der Waals surface area contributed by atoms with Gasteiger partial charge in [0.05, 0.1) is 11.1 Å². The number of nitrogens with zero attached hydrogens (tertiary/aromatic N) is 5. The maximum absolute atomic E-state index is 12.8. The molecule has 1 spiro atoms. The maximum Gasteiger partial charge on any atom is 0.416 e. The molecule has 1 aliphatic carbocycles. The number of likely N-dealkylation sites (tertiary alicyclic amines) is 1. The van der Waals surface area contributed by atoms with Crippen LogP contribution in [0.2, 0.25) is 0 Å². The summed E-state index contributed by atoms with van der Waals surface area (Å²) in [5.74, 6) is 1.33. The van der Waals surface area contributed by atoms with E-state index in [4.69, 9.17) is 5.73 Å². The van der Waals surface area contributed by atoms with Crippen LogP contribution in [0.4, 0.5) is 13.2 Å². The van der Waals surface area contributed by atoms with Crippen molar-refractivity contribution in [2.24, 2.45) is 18.2 Å². The second-order valence-corrected chi connectivity index (χ2v) is 10.7. The highest BCUT2D eigenvalue weighted by molar-refractivity contribution is 7.99. The highest BCUT2D eigenvalue weighted by atomic mass is 32.2. The molecule has 1 amide bonds. The number of amides is 1. The van der Waals surface area contributed by atoms with E-state index in [1.807, 2.05) is 11.6 Å². The molecule has 190 valence electrons. The van der Waals surface area contributed by atoms with Crippen LogP contribution >= 0.6 is 11.8 Å². The van der Waals surface area contributed by atoms with Crippen LogP contribution in [0, 0.1) is 5.41 Å². The zero-order valence-electron chi connectivity index (χ0n) is 19.8. The van der Waals surface area contributed by atoms with Crippen LogP contribution in [0.3, 0.4) is 0 Å². The Hall–Kier alpha value is -2.92. The monoisotopic (exact) mass is 516 g/mol. The van der Waals surface area contributed by atoms with Gasteiger partial charge in [-0.05, 0) is 67.4 Å². The van der Waals surface area contributed by atoms with Crippen molar-refractivity contribution in [1.29, 1.82) is 0 Å². The largest absolute Gasteiger partial charge is 0.416 e. The molecule has 2 atom stereocenters. The standard InChI is InChI=1S/C25H27F3N6OS/c1-33-22(18-11-17(21(29)35)13-30-14-18)31-32-23(33)36-10-2-8-34-9-7-24(15-34)12-20(24)16-3-5-19(6-4-16)25(26,27)28/h3-6,11,13-14,20H,2,7-10,12,15H2,1H3,(H2,29,35)/t20-,24+/m1/s1. The molecule has 0 unspecified atom stereocenters. The van der Waals surface area contributed by atoms with Crippen LogP contribution in [-0.2, 0) is 13.2 Å². The molecule has 0 radical (unpaired) electrons. The third-order valence-electron chi connectivity index (χ3n) is 7.26. The summed E-state index contributed by atoms with van der Waals surface area (Å²) in [6.07, 6.45) is 1.90. The molecule has 3 aromatic rings. The number of benzene rings is 1. The summed E-state index contributed by atoms with van der Waals surface area (Å²) < 4.78 is 40.4. The van der Waals surface area contributed by atoms with Gasteiger partial charge in [-0.3, -0.25) is 9.78 Å². The molecular weight excluding hydrogens is 489 g/mol. The zero-order valence-corrected chi connectivity index (χ0v) is 20.6. The Bertz CT molecular complexity index is 1260. The number of hydrogen-bond acceptors (Lipinski definition) is 6. The van der Waals surface area contributed by atoms with Crippen LogP contribution in [0.25, 0.3) is 11.4 Å². The minimum atomic E-state index is -4.29. The van der Waals surface area contributed by atoms with E-state index in [0.29, 0.717) is 22.9 Å². The van der Waals surface area contributed by atoms with Gasteiger partial charge >= 0.3 is 6.18 Å². The van der Waals surface area contributed by atoms with Gasteiger partial charge in [0, 0.05) is 37.3 Å². The highest BCUT2D eigenvalue weighted by Crippen LogP contribution is 2.64. The lowest BCUT2D eigenvalue weighted by atomic mass is 9.97. The lowest BCUT2D eigenvalue weighted by molar-refractivity contribution is -0.137. The van der Waals surface area contributed by atoms with E-state index in [2.05, 4.69) is 20.1 Å². The first-order chi connectivity index (χ1) is 17.2. The van der Waals surface area contributed by atoms with E-state index < -0.39 is 17.6 Å². The number of carbonyl (C=O) groups is 1. The fraction of sp³-hybridized carbons (Fsp3) is 0.440. The molecule has 36 heavy (non-hydrogen) atoms. The number of halogens is 3. The molecule has 0 bridgehead atoms. The molecule has 2 fully saturated rings. The van der Waals surface area contributed by atoms with Crippen molar-refractivity contribution in [3.63, 3.8) is 0 Å². The number of nitrogens with two attached hydrogens (primary N) is 1. The van der Waals surface area contributed by atoms with Gasteiger partial charge in [0.15, 0.2) is 11.0 Å². The molecule has 7 nitrogen and oxygen atoms in total. The van der Waals surface area contributed by atoms with E-state index >= 15 is 0 Å². The number of rotatable bonds is 8. The Morgan fingerprint density at radius 1 is 1.22 bits per heavy atom. The SMILES string of the molecule is Cn1c(SCCCN2CC[C@]3(C[C@@H]3c3ccc(C(F)(F)F)cc3)C2)nnc1-c1cncc(C(N)=O)c1. The summed E-state index contributed by atoms with van der Waals surface area (Å²) in [4.78, 5) is 18.0. The van der Waals surface area contributed by atoms with Crippen molar-refractivity contribution in [2.45, 2.75) is 36.5 Å². The number of thioether (sulfide) groups is 1. The van der Waals surface area contributed by atoms with Crippen LogP contribution < -0.4 is 5.73 Å². The van der Waals surface area contributed by atoms with Crippen molar-refractivity contribution >= 4 is 17.7 Å². The van der Waals surface area contributed by atoms with Crippen molar-refractivity contribution in [3.05, 3.63) is 59.4 Å². The quantitative estimate of drug-likeness (QED) is 0.354. The number of alkyl halides is 3. The Morgan fingerprint density at radius 3 is 2.72 bits per heavy atom. The van der Waals surface area contributed by atoms with Crippen molar-refractivity contribution in [2.75, 3.05) is 25.4 Å². The molecule has 2 aromatic heterocycles. The molecule has 1 aromatic carbocycles. The van der Waals surface area contributed by atoms with E-state index in [1.165, 1.54) is 18.3 Å². The van der Waals surface area contributed by atoms with Crippen LogP contribution in [-0.4, -0.2) is 55.9 Å². The number of carbonyl (C=O) groups excluding carboxylic acids is 1. The first-order valence-electron chi connectivity index (χ1n) is 11.8. The van der Waals surface area contributed by atoms with Gasteiger partial charge in [-0.15, -0.1) is 10.2 Å². The lowest BCUT2D eigenvalue weighted by Gasteiger charge is -2.16. The fourth-order valence-electron chi connectivity index (χ4n) is 5.19. The fourth-order valence-corrected chi connectivity index (χ4v) is 6.02. The van der Waals surface area contributed by atoms with Gasteiger partial charge in [-0.25, -0.2) is 0 Å². The van der Waals surface area contributed by atoms with Gasteiger partial charge in [0.1, 0.15) is 0 Å². The Labute approximate surface area is 211 Å². The van der Waals surface area contributed by atoms with Gasteiger partial charge in [0.2, 0.25) is 5.91 Å². The molecule has 1 saturated heterocycles. The summed E-state index contributed by atoms with van der Waals surface area (Å²) >= 11 is 1.63. The number of hydrogen-bond donors (Lipinski definition) is 1. The van der Waals surface area contributed by atoms with Crippen molar-refractivity contribution in [3.8, 4) is 11.4 Å². The molecule has 11 heteroatoms. The third-order valence-corrected chi connectivity index (χ3v) is 8.37. The smallest absolute Gasteiger partial charge is 0.366 e. The first kappa shape index (κ1) is 24.8. The number of primary amides is 1. The number of aromatic nitrogens is 4. The van der Waals surface area contributed by atoms with Crippen molar-refractivity contribution in [1.82, 2.24) is 24.6 Å². The average Bonchev–Trinajstić information content (AvgIpc) is 3.19. The zero-order chi connectivity index (χ0) is 25.5. The Balaban J connectivity index is 1.10. The first-order valence-corrected chi connectivity index (χ1v) is 12.8. The summed E-state index contributed by atoms with van der Waals surface area (Å²) in [5.41, 5.74) is 7.01. The van der Waals surface area contributed by atoms with E-state index in [-0.39, 0.29) is 5.41 Å².